The minimum Gasteiger partial charge on any atom is -0.331 e. The van der Waals surface area contributed by atoms with Gasteiger partial charge in [-0.2, -0.15) is 5.10 Å². The van der Waals surface area contributed by atoms with Gasteiger partial charge in [0.2, 0.25) is 11.7 Å². The summed E-state index contributed by atoms with van der Waals surface area (Å²) in [6.45, 7) is 1.77. The van der Waals surface area contributed by atoms with Crippen LogP contribution in [-0.4, -0.2) is 31.0 Å². The molecule has 3 aromatic rings. The minimum atomic E-state index is -0.422. The predicted molar refractivity (Wildman–Crippen MR) is 88.7 cm³/mol. The fraction of sp³-hybridized carbons (Fsp3) is 0.176. The first-order chi connectivity index (χ1) is 11.6. The monoisotopic (exact) mass is 323 g/mol. The van der Waals surface area contributed by atoms with E-state index in [-0.39, 0.29) is 11.7 Å². The van der Waals surface area contributed by atoms with Crippen LogP contribution in [0, 0.1) is 0 Å². The Morgan fingerprint density at radius 3 is 2.46 bits per heavy atom. The van der Waals surface area contributed by atoms with Crippen molar-refractivity contribution in [2.75, 3.05) is 5.32 Å². The molecule has 1 amide bonds. The summed E-state index contributed by atoms with van der Waals surface area (Å²) in [5.41, 5.74) is 1.14. The van der Waals surface area contributed by atoms with Gasteiger partial charge in [0.25, 0.3) is 0 Å². The maximum Gasteiger partial charge on any atom is 0.248 e. The summed E-state index contributed by atoms with van der Waals surface area (Å²) in [4.78, 5) is 28.6. The van der Waals surface area contributed by atoms with Crippen molar-refractivity contribution in [3.63, 3.8) is 0 Å². The molecule has 0 aliphatic heterocycles. The Bertz CT molecular complexity index is 850. The molecule has 122 valence electrons. The zero-order valence-electron chi connectivity index (χ0n) is 13.4. The average molecular weight is 323 g/mol. The molecular weight excluding hydrogens is 306 g/mol. The number of carbonyl (C=O) groups excluding carboxylic acids is 2. The Labute approximate surface area is 138 Å². The molecule has 0 aliphatic rings. The van der Waals surface area contributed by atoms with Gasteiger partial charge in [-0.05, 0) is 37.3 Å². The van der Waals surface area contributed by atoms with Gasteiger partial charge in [0, 0.05) is 43.1 Å². The number of carbonyl (C=O) groups is 2. The normalized spacial score (nSPS) is 11.9. The van der Waals surface area contributed by atoms with Gasteiger partial charge in [0.05, 0.1) is 0 Å². The number of rotatable bonds is 5. The van der Waals surface area contributed by atoms with E-state index in [0.29, 0.717) is 17.1 Å². The van der Waals surface area contributed by atoms with Crippen molar-refractivity contribution >= 4 is 17.4 Å². The highest BCUT2D eigenvalue weighted by molar-refractivity contribution is 6.07. The predicted octanol–water partition coefficient (Wildman–Crippen LogP) is 2.05. The summed E-state index contributed by atoms with van der Waals surface area (Å²) in [5.74, 6) is 0.0336. The quantitative estimate of drug-likeness (QED) is 0.729. The van der Waals surface area contributed by atoms with E-state index in [4.69, 9.17) is 0 Å². The molecule has 0 fully saturated rings. The number of nitrogens with one attached hydrogen (secondary N) is 1. The largest absolute Gasteiger partial charge is 0.331 e. The molecule has 1 aromatic carbocycles. The van der Waals surface area contributed by atoms with E-state index in [1.807, 2.05) is 0 Å². The van der Waals surface area contributed by atoms with Gasteiger partial charge in [-0.1, -0.05) is 0 Å². The minimum absolute atomic E-state index is 0.162. The summed E-state index contributed by atoms with van der Waals surface area (Å²) in [6, 6.07) is 8.08. The first-order valence-corrected chi connectivity index (χ1v) is 7.48. The zero-order valence-corrected chi connectivity index (χ0v) is 13.4. The second-order valence-electron chi connectivity index (χ2n) is 5.42. The van der Waals surface area contributed by atoms with E-state index in [2.05, 4.69) is 15.4 Å². The maximum absolute atomic E-state index is 12.3. The summed E-state index contributed by atoms with van der Waals surface area (Å²) in [7, 11) is 1.77. The van der Waals surface area contributed by atoms with E-state index in [1.54, 1.807) is 78.3 Å². The van der Waals surface area contributed by atoms with Gasteiger partial charge >= 0.3 is 0 Å². The molecule has 1 atom stereocenters. The van der Waals surface area contributed by atoms with Crippen LogP contribution in [-0.2, 0) is 11.8 Å². The van der Waals surface area contributed by atoms with E-state index in [9.17, 15) is 9.59 Å². The highest BCUT2D eigenvalue weighted by Gasteiger charge is 2.16. The summed E-state index contributed by atoms with van der Waals surface area (Å²) in [5, 5.41) is 6.87. The van der Waals surface area contributed by atoms with Crippen molar-refractivity contribution in [1.29, 1.82) is 0 Å². The van der Waals surface area contributed by atoms with Crippen molar-refractivity contribution in [3.8, 4) is 0 Å². The van der Waals surface area contributed by atoms with Crippen LogP contribution in [0.2, 0.25) is 0 Å². The number of aromatic nitrogens is 4. The third-order valence-corrected chi connectivity index (χ3v) is 3.74. The Morgan fingerprint density at radius 2 is 1.88 bits per heavy atom. The fourth-order valence-electron chi connectivity index (χ4n) is 2.30. The number of anilines is 1. The summed E-state index contributed by atoms with van der Waals surface area (Å²) >= 11 is 0. The first kappa shape index (κ1) is 15.7. The Hall–Kier alpha value is -3.22. The number of ketones is 1. The van der Waals surface area contributed by atoms with Gasteiger partial charge in [-0.25, -0.2) is 4.98 Å². The van der Waals surface area contributed by atoms with Crippen LogP contribution < -0.4 is 5.32 Å². The van der Waals surface area contributed by atoms with Crippen LogP contribution >= 0.6 is 0 Å². The molecule has 7 nitrogen and oxygen atoms in total. The second-order valence-corrected chi connectivity index (χ2v) is 5.42. The summed E-state index contributed by atoms with van der Waals surface area (Å²) in [6.07, 6.45) is 6.66. The molecule has 0 saturated heterocycles. The molecule has 2 heterocycles. The molecule has 0 saturated carbocycles. The number of imidazole rings is 1. The third-order valence-electron chi connectivity index (χ3n) is 3.74. The number of benzene rings is 1. The lowest BCUT2D eigenvalue weighted by Gasteiger charge is -2.12. The lowest BCUT2D eigenvalue weighted by Crippen LogP contribution is -2.24. The van der Waals surface area contributed by atoms with Crippen LogP contribution in [0.5, 0.6) is 0 Å². The second kappa shape index (κ2) is 6.49. The van der Waals surface area contributed by atoms with Crippen molar-refractivity contribution in [2.24, 2.45) is 7.05 Å². The lowest BCUT2D eigenvalue weighted by molar-refractivity contribution is -0.119. The highest BCUT2D eigenvalue weighted by atomic mass is 16.2. The van der Waals surface area contributed by atoms with Gasteiger partial charge in [0.1, 0.15) is 6.04 Å². The molecule has 0 aliphatic carbocycles. The van der Waals surface area contributed by atoms with E-state index in [0.717, 1.165) is 0 Å². The molecule has 2 aromatic heterocycles. The van der Waals surface area contributed by atoms with Crippen LogP contribution in [0.25, 0.3) is 0 Å². The molecule has 7 heteroatoms. The highest BCUT2D eigenvalue weighted by Crippen LogP contribution is 2.15. The van der Waals surface area contributed by atoms with Gasteiger partial charge in [0.15, 0.2) is 5.82 Å². The van der Waals surface area contributed by atoms with Gasteiger partial charge < -0.3 is 9.88 Å². The average Bonchev–Trinajstić information content (AvgIpc) is 3.25. The van der Waals surface area contributed by atoms with Crippen LogP contribution in [0.15, 0.2) is 55.1 Å². The topological polar surface area (TPSA) is 81.8 Å². The van der Waals surface area contributed by atoms with Crippen LogP contribution in [0.3, 0.4) is 0 Å². The van der Waals surface area contributed by atoms with Gasteiger partial charge in [-0.3, -0.25) is 14.3 Å². The molecule has 0 bridgehead atoms. The number of aryl methyl sites for hydroxylation is 1. The van der Waals surface area contributed by atoms with Crippen molar-refractivity contribution in [2.45, 2.75) is 13.0 Å². The molecule has 1 N–H and O–H groups in total. The number of amides is 1. The van der Waals surface area contributed by atoms with Crippen LogP contribution in [0.1, 0.15) is 29.1 Å². The van der Waals surface area contributed by atoms with E-state index >= 15 is 0 Å². The van der Waals surface area contributed by atoms with Crippen molar-refractivity contribution < 1.29 is 9.59 Å². The standard InChI is InChI=1S/C17H17N5O2/c1-12(22-10-3-8-19-22)17(24)20-14-6-4-13(5-7-14)15(23)16-18-9-11-21(16)2/h3-12H,1-2H3,(H,20,24). The Morgan fingerprint density at radius 1 is 1.12 bits per heavy atom. The SMILES string of the molecule is CC(C(=O)Nc1ccc(C(=O)c2nccn2C)cc1)n1cccn1. The molecule has 1 unspecified atom stereocenters. The molecule has 0 spiro atoms. The van der Waals surface area contributed by atoms with Crippen LogP contribution in [0.4, 0.5) is 5.69 Å². The lowest BCUT2D eigenvalue weighted by atomic mass is 10.1. The zero-order chi connectivity index (χ0) is 17.1. The molecule has 0 radical (unpaired) electrons. The maximum atomic E-state index is 12.3. The first-order valence-electron chi connectivity index (χ1n) is 7.48. The summed E-state index contributed by atoms with van der Waals surface area (Å²) < 4.78 is 3.25. The Balaban J connectivity index is 1.70. The third kappa shape index (κ3) is 3.10. The van der Waals surface area contributed by atoms with E-state index < -0.39 is 6.04 Å². The van der Waals surface area contributed by atoms with Crippen molar-refractivity contribution in [3.05, 3.63) is 66.5 Å². The molecule has 3 rings (SSSR count). The van der Waals surface area contributed by atoms with Crippen molar-refractivity contribution in [1.82, 2.24) is 19.3 Å². The number of nitrogens with zero attached hydrogens (tertiary/aromatic N) is 4. The Kier molecular flexibility index (Phi) is 4.24. The molecule has 24 heavy (non-hydrogen) atoms. The number of hydrogen-bond acceptors (Lipinski definition) is 4. The smallest absolute Gasteiger partial charge is 0.248 e. The van der Waals surface area contributed by atoms with Gasteiger partial charge in [-0.15, -0.1) is 0 Å². The van der Waals surface area contributed by atoms with E-state index in [1.165, 1.54) is 0 Å². The number of hydrogen-bond donors (Lipinski definition) is 1. The fourth-order valence-corrected chi connectivity index (χ4v) is 2.30. The molecular formula is C17H17N5O2.